The summed E-state index contributed by atoms with van der Waals surface area (Å²) in [5.41, 5.74) is 7.37. The molecule has 0 saturated carbocycles. The van der Waals surface area contributed by atoms with E-state index in [1.165, 1.54) is 6.42 Å². The fraction of sp³-hybridized carbons (Fsp3) is 0.500. The van der Waals surface area contributed by atoms with Gasteiger partial charge in [-0.3, -0.25) is 0 Å². The van der Waals surface area contributed by atoms with Crippen molar-refractivity contribution in [3.63, 3.8) is 0 Å². The number of tetrazole rings is 1. The number of aromatic nitrogens is 4. The summed E-state index contributed by atoms with van der Waals surface area (Å²) in [5.74, 6) is 0.644. The van der Waals surface area contributed by atoms with Gasteiger partial charge in [0.25, 0.3) is 0 Å². The molecule has 1 saturated heterocycles. The number of halogens is 1. The van der Waals surface area contributed by atoms with Crippen molar-refractivity contribution >= 4 is 17.3 Å². The first-order valence-corrected chi connectivity index (χ1v) is 7.55. The molecular formula is C14H18ClN5O. The van der Waals surface area contributed by atoms with Gasteiger partial charge in [-0.2, -0.15) is 0 Å². The van der Waals surface area contributed by atoms with E-state index < -0.39 is 0 Å². The molecule has 2 aromatic rings. The van der Waals surface area contributed by atoms with Crippen molar-refractivity contribution in [2.24, 2.45) is 0 Å². The molecule has 112 valence electrons. The van der Waals surface area contributed by atoms with Gasteiger partial charge in [0.05, 0.1) is 6.10 Å². The van der Waals surface area contributed by atoms with Gasteiger partial charge < -0.3 is 10.5 Å². The molecule has 1 fully saturated rings. The molecule has 1 aromatic heterocycles. The highest BCUT2D eigenvalue weighted by Gasteiger charge is 2.17. The highest BCUT2D eigenvalue weighted by Crippen LogP contribution is 2.27. The molecule has 0 aliphatic carbocycles. The Labute approximate surface area is 128 Å². The summed E-state index contributed by atoms with van der Waals surface area (Å²) in [6, 6.07) is 5.31. The monoisotopic (exact) mass is 307 g/mol. The third kappa shape index (κ3) is 3.33. The normalized spacial score (nSPS) is 18.8. The van der Waals surface area contributed by atoms with Gasteiger partial charge in [0, 0.05) is 29.4 Å². The average molecular weight is 308 g/mol. The molecular weight excluding hydrogens is 290 g/mol. The number of hydrogen-bond acceptors (Lipinski definition) is 5. The molecule has 6 nitrogen and oxygen atoms in total. The van der Waals surface area contributed by atoms with E-state index in [9.17, 15) is 0 Å². The number of nitrogens with zero attached hydrogens (tertiary/aromatic N) is 4. The largest absolute Gasteiger partial charge is 0.398 e. The van der Waals surface area contributed by atoms with Crippen LogP contribution in [0.25, 0.3) is 11.4 Å². The fourth-order valence-corrected chi connectivity index (χ4v) is 2.74. The molecule has 0 bridgehead atoms. The van der Waals surface area contributed by atoms with Crippen LogP contribution in [0.5, 0.6) is 0 Å². The second-order valence-electron chi connectivity index (χ2n) is 5.23. The molecule has 1 aliphatic rings. The zero-order chi connectivity index (χ0) is 14.7. The first kappa shape index (κ1) is 14.3. The van der Waals surface area contributed by atoms with Crippen LogP contribution in [-0.4, -0.2) is 32.9 Å². The molecule has 0 amide bonds. The Balaban J connectivity index is 1.75. The zero-order valence-corrected chi connectivity index (χ0v) is 12.5. The van der Waals surface area contributed by atoms with Gasteiger partial charge in [-0.15, -0.1) is 5.10 Å². The van der Waals surface area contributed by atoms with Crippen LogP contribution in [0, 0.1) is 0 Å². The van der Waals surface area contributed by atoms with E-state index in [4.69, 9.17) is 22.1 Å². The molecule has 3 rings (SSSR count). The predicted octanol–water partition coefficient (Wildman–Crippen LogP) is 2.53. The fourth-order valence-electron chi connectivity index (χ4n) is 2.57. The second-order valence-corrected chi connectivity index (χ2v) is 5.67. The molecule has 1 unspecified atom stereocenters. The zero-order valence-electron chi connectivity index (χ0n) is 11.7. The van der Waals surface area contributed by atoms with Crippen molar-refractivity contribution in [1.82, 2.24) is 20.2 Å². The molecule has 21 heavy (non-hydrogen) atoms. The lowest BCUT2D eigenvalue weighted by molar-refractivity contribution is 0.00828. The Morgan fingerprint density at radius 2 is 2.29 bits per heavy atom. The quantitative estimate of drug-likeness (QED) is 0.878. The predicted molar refractivity (Wildman–Crippen MR) is 80.9 cm³/mol. The number of aryl methyl sites for hydroxylation is 1. The Kier molecular flexibility index (Phi) is 4.36. The van der Waals surface area contributed by atoms with E-state index in [-0.39, 0.29) is 0 Å². The molecule has 2 heterocycles. The average Bonchev–Trinajstić information content (AvgIpc) is 2.97. The molecule has 1 aliphatic heterocycles. The van der Waals surface area contributed by atoms with Crippen molar-refractivity contribution in [2.75, 3.05) is 12.3 Å². The molecule has 0 radical (unpaired) electrons. The molecule has 2 N–H and O–H groups in total. The Morgan fingerprint density at radius 1 is 1.38 bits per heavy atom. The smallest absolute Gasteiger partial charge is 0.184 e. The Morgan fingerprint density at radius 3 is 3.10 bits per heavy atom. The third-order valence-electron chi connectivity index (χ3n) is 3.73. The van der Waals surface area contributed by atoms with Gasteiger partial charge in [0.2, 0.25) is 0 Å². The number of hydrogen-bond donors (Lipinski definition) is 1. The summed E-state index contributed by atoms with van der Waals surface area (Å²) >= 11 is 6.03. The van der Waals surface area contributed by atoms with E-state index in [0.717, 1.165) is 31.4 Å². The maximum Gasteiger partial charge on any atom is 0.184 e. The van der Waals surface area contributed by atoms with Crippen LogP contribution in [0.4, 0.5) is 5.69 Å². The summed E-state index contributed by atoms with van der Waals surface area (Å²) in [4.78, 5) is 0. The topological polar surface area (TPSA) is 78.9 Å². The summed E-state index contributed by atoms with van der Waals surface area (Å²) < 4.78 is 7.50. The van der Waals surface area contributed by atoms with E-state index in [2.05, 4.69) is 15.5 Å². The molecule has 1 aromatic carbocycles. The highest BCUT2D eigenvalue weighted by molar-refractivity contribution is 6.31. The molecule has 0 spiro atoms. The SMILES string of the molecule is Nc1ccc(Cl)cc1-c1nnnn1CCC1CCCCO1. The second kappa shape index (κ2) is 6.41. The van der Waals surface area contributed by atoms with Crippen LogP contribution in [0.2, 0.25) is 5.02 Å². The third-order valence-corrected chi connectivity index (χ3v) is 3.96. The van der Waals surface area contributed by atoms with E-state index in [1.54, 1.807) is 22.9 Å². The van der Waals surface area contributed by atoms with Crippen LogP contribution < -0.4 is 5.73 Å². The van der Waals surface area contributed by atoms with Crippen LogP contribution in [0.1, 0.15) is 25.7 Å². The van der Waals surface area contributed by atoms with Crippen molar-refractivity contribution < 1.29 is 4.74 Å². The van der Waals surface area contributed by atoms with Gasteiger partial charge in [-0.05, 0) is 54.3 Å². The first-order chi connectivity index (χ1) is 10.2. The lowest BCUT2D eigenvalue weighted by Crippen LogP contribution is -2.21. The minimum atomic E-state index is 0.299. The number of rotatable bonds is 4. The van der Waals surface area contributed by atoms with Crippen molar-refractivity contribution in [1.29, 1.82) is 0 Å². The summed E-state index contributed by atoms with van der Waals surface area (Å²) in [6.07, 6.45) is 4.70. The van der Waals surface area contributed by atoms with Gasteiger partial charge in [-0.25, -0.2) is 4.68 Å². The van der Waals surface area contributed by atoms with Crippen LogP contribution >= 0.6 is 11.6 Å². The van der Waals surface area contributed by atoms with E-state index in [0.29, 0.717) is 29.2 Å². The summed E-state index contributed by atoms with van der Waals surface area (Å²) in [7, 11) is 0. The van der Waals surface area contributed by atoms with Crippen molar-refractivity contribution in [3.8, 4) is 11.4 Å². The number of ether oxygens (including phenoxy) is 1. The first-order valence-electron chi connectivity index (χ1n) is 7.17. The van der Waals surface area contributed by atoms with Crippen LogP contribution in [0.3, 0.4) is 0 Å². The minimum absolute atomic E-state index is 0.299. The highest BCUT2D eigenvalue weighted by atomic mass is 35.5. The van der Waals surface area contributed by atoms with E-state index >= 15 is 0 Å². The number of nitrogen functional groups attached to an aromatic ring is 1. The lowest BCUT2D eigenvalue weighted by atomic mass is 10.1. The summed E-state index contributed by atoms with van der Waals surface area (Å²) in [6.45, 7) is 1.56. The number of benzene rings is 1. The summed E-state index contributed by atoms with van der Waals surface area (Å²) in [5, 5.41) is 12.5. The van der Waals surface area contributed by atoms with E-state index in [1.807, 2.05) is 0 Å². The number of anilines is 1. The van der Waals surface area contributed by atoms with Gasteiger partial charge in [0.15, 0.2) is 5.82 Å². The standard InChI is InChI=1S/C14H18ClN5O/c15-10-4-5-13(16)12(9-10)14-17-18-19-20(14)7-6-11-3-1-2-8-21-11/h4-5,9,11H,1-3,6-8,16H2. The number of nitrogens with two attached hydrogens (primary N) is 1. The maximum absolute atomic E-state index is 6.03. The van der Waals surface area contributed by atoms with Gasteiger partial charge >= 0.3 is 0 Å². The van der Waals surface area contributed by atoms with Crippen LogP contribution in [0.15, 0.2) is 18.2 Å². The van der Waals surface area contributed by atoms with Gasteiger partial charge in [0.1, 0.15) is 0 Å². The molecule has 7 heteroatoms. The lowest BCUT2D eigenvalue weighted by Gasteiger charge is -2.22. The van der Waals surface area contributed by atoms with Crippen LogP contribution in [-0.2, 0) is 11.3 Å². The van der Waals surface area contributed by atoms with Gasteiger partial charge in [-0.1, -0.05) is 11.6 Å². The Bertz CT molecular complexity index is 609. The molecule has 1 atom stereocenters. The minimum Gasteiger partial charge on any atom is -0.398 e. The van der Waals surface area contributed by atoms with Crippen molar-refractivity contribution in [2.45, 2.75) is 38.3 Å². The van der Waals surface area contributed by atoms with Crippen molar-refractivity contribution in [3.05, 3.63) is 23.2 Å². The Hall–Kier alpha value is -1.66. The maximum atomic E-state index is 6.03.